The molecule has 0 bridgehead atoms. The van der Waals surface area contributed by atoms with Crippen molar-refractivity contribution in [2.75, 3.05) is 13.4 Å². The van der Waals surface area contributed by atoms with E-state index in [9.17, 15) is 17.6 Å². The Kier molecular flexibility index (Phi) is 5.40. The van der Waals surface area contributed by atoms with E-state index in [-0.39, 0.29) is 22.9 Å². The second-order valence-electron chi connectivity index (χ2n) is 4.90. The topological polar surface area (TPSA) is 85.4 Å². The van der Waals surface area contributed by atoms with Gasteiger partial charge < -0.3 is 10.1 Å². The SMILES string of the molecule is COc1ccc(CNC(=O)c2c(Cl)ccnc2S(C)(=O)=O)cc1F. The summed E-state index contributed by atoms with van der Waals surface area (Å²) in [5, 5.41) is 2.05. The Labute approximate surface area is 143 Å². The van der Waals surface area contributed by atoms with Crippen molar-refractivity contribution in [2.24, 2.45) is 0 Å². The highest BCUT2D eigenvalue weighted by atomic mass is 35.5. The largest absolute Gasteiger partial charge is 0.494 e. The lowest BCUT2D eigenvalue weighted by Gasteiger charge is -2.10. The van der Waals surface area contributed by atoms with Crippen LogP contribution >= 0.6 is 11.6 Å². The Morgan fingerprint density at radius 2 is 2.08 bits per heavy atom. The van der Waals surface area contributed by atoms with E-state index in [1.165, 1.54) is 31.5 Å². The van der Waals surface area contributed by atoms with E-state index in [4.69, 9.17) is 16.3 Å². The Morgan fingerprint density at radius 3 is 2.67 bits per heavy atom. The van der Waals surface area contributed by atoms with Gasteiger partial charge in [-0.05, 0) is 23.8 Å². The van der Waals surface area contributed by atoms with Gasteiger partial charge >= 0.3 is 0 Å². The number of hydrogen-bond acceptors (Lipinski definition) is 5. The van der Waals surface area contributed by atoms with Crippen molar-refractivity contribution >= 4 is 27.3 Å². The number of carbonyl (C=O) groups is 1. The van der Waals surface area contributed by atoms with Gasteiger partial charge in [0.15, 0.2) is 26.4 Å². The van der Waals surface area contributed by atoms with Gasteiger partial charge in [-0.15, -0.1) is 0 Å². The third kappa shape index (κ3) is 4.01. The molecule has 0 aliphatic rings. The van der Waals surface area contributed by atoms with Gasteiger partial charge in [-0.2, -0.15) is 0 Å². The van der Waals surface area contributed by atoms with E-state index in [1.807, 2.05) is 0 Å². The summed E-state index contributed by atoms with van der Waals surface area (Å²) in [6, 6.07) is 5.53. The second kappa shape index (κ2) is 7.14. The van der Waals surface area contributed by atoms with Gasteiger partial charge in [-0.1, -0.05) is 17.7 Å². The molecule has 6 nitrogen and oxygen atoms in total. The summed E-state index contributed by atoms with van der Waals surface area (Å²) in [6.45, 7) is -0.0197. The Balaban J connectivity index is 2.24. The highest BCUT2D eigenvalue weighted by molar-refractivity contribution is 7.90. The molecule has 0 atom stereocenters. The highest BCUT2D eigenvalue weighted by Gasteiger charge is 2.23. The van der Waals surface area contributed by atoms with E-state index in [2.05, 4.69) is 10.3 Å². The number of pyridine rings is 1. The van der Waals surface area contributed by atoms with Crippen molar-refractivity contribution in [3.05, 3.63) is 52.4 Å². The van der Waals surface area contributed by atoms with Crippen molar-refractivity contribution in [3.8, 4) is 5.75 Å². The summed E-state index contributed by atoms with van der Waals surface area (Å²) >= 11 is 5.94. The molecule has 1 heterocycles. The molecule has 2 aromatic rings. The molecule has 0 radical (unpaired) electrons. The number of amides is 1. The van der Waals surface area contributed by atoms with Crippen molar-refractivity contribution in [2.45, 2.75) is 11.6 Å². The molecule has 24 heavy (non-hydrogen) atoms. The lowest BCUT2D eigenvalue weighted by molar-refractivity contribution is 0.0947. The first-order valence-electron chi connectivity index (χ1n) is 6.69. The maximum atomic E-state index is 13.6. The molecular weight excluding hydrogens is 359 g/mol. The first-order valence-corrected chi connectivity index (χ1v) is 8.96. The number of nitrogens with zero attached hydrogens (tertiary/aromatic N) is 1. The molecule has 1 amide bonds. The highest BCUT2D eigenvalue weighted by Crippen LogP contribution is 2.22. The summed E-state index contributed by atoms with van der Waals surface area (Å²) in [4.78, 5) is 16.0. The lowest BCUT2D eigenvalue weighted by atomic mass is 10.2. The van der Waals surface area contributed by atoms with Gasteiger partial charge in [0, 0.05) is 19.0 Å². The Morgan fingerprint density at radius 1 is 1.38 bits per heavy atom. The molecule has 128 valence electrons. The maximum absolute atomic E-state index is 13.6. The number of methoxy groups -OCH3 is 1. The van der Waals surface area contributed by atoms with Gasteiger partial charge in [0.05, 0.1) is 17.7 Å². The zero-order chi connectivity index (χ0) is 17.9. The minimum Gasteiger partial charge on any atom is -0.494 e. The number of ether oxygens (including phenoxy) is 1. The lowest BCUT2D eigenvalue weighted by Crippen LogP contribution is -2.25. The average Bonchev–Trinajstić information content (AvgIpc) is 2.51. The fraction of sp³-hybridized carbons (Fsp3) is 0.200. The van der Waals surface area contributed by atoms with Crippen LogP contribution in [0.1, 0.15) is 15.9 Å². The first kappa shape index (κ1) is 18.2. The third-order valence-corrected chi connectivity index (χ3v) is 4.44. The summed E-state index contributed by atoms with van der Waals surface area (Å²) in [7, 11) is -2.39. The van der Waals surface area contributed by atoms with Crippen LogP contribution < -0.4 is 10.1 Å². The normalized spacial score (nSPS) is 11.2. The van der Waals surface area contributed by atoms with Crippen LogP contribution in [0.2, 0.25) is 5.02 Å². The molecule has 0 saturated carbocycles. The minimum absolute atomic E-state index is 0.0197. The van der Waals surface area contributed by atoms with Crippen molar-refractivity contribution in [3.63, 3.8) is 0 Å². The zero-order valence-electron chi connectivity index (χ0n) is 12.8. The van der Waals surface area contributed by atoms with Gasteiger partial charge in [0.2, 0.25) is 0 Å². The van der Waals surface area contributed by atoms with Crippen molar-refractivity contribution < 1.29 is 22.3 Å². The first-order chi connectivity index (χ1) is 11.2. The second-order valence-corrected chi connectivity index (χ2v) is 7.23. The number of benzene rings is 1. The third-order valence-electron chi connectivity index (χ3n) is 3.11. The van der Waals surface area contributed by atoms with E-state index >= 15 is 0 Å². The summed E-state index contributed by atoms with van der Waals surface area (Å²) < 4.78 is 41.9. The quantitative estimate of drug-likeness (QED) is 0.869. The Bertz CT molecular complexity index is 887. The number of halogens is 2. The molecule has 1 aromatic heterocycles. The monoisotopic (exact) mass is 372 g/mol. The fourth-order valence-electron chi connectivity index (χ4n) is 2.00. The molecule has 1 aromatic carbocycles. The van der Waals surface area contributed by atoms with Gasteiger partial charge in [-0.3, -0.25) is 4.79 Å². The molecule has 9 heteroatoms. The number of sulfone groups is 1. The summed E-state index contributed by atoms with van der Waals surface area (Å²) in [5.74, 6) is -1.20. The summed E-state index contributed by atoms with van der Waals surface area (Å²) in [6.07, 6.45) is 2.13. The standard InChI is InChI=1S/C15H14ClFN2O4S/c1-23-12-4-3-9(7-11(12)17)8-19-14(20)13-10(16)5-6-18-15(13)24(2,21)22/h3-7H,8H2,1-2H3,(H,19,20). The number of carbonyl (C=O) groups excluding carboxylic acids is 1. The van der Waals surface area contributed by atoms with Crippen LogP contribution in [-0.2, 0) is 16.4 Å². The summed E-state index contributed by atoms with van der Waals surface area (Å²) in [5.41, 5.74) is 0.234. The Hall–Kier alpha value is -2.19. The average molecular weight is 373 g/mol. The van der Waals surface area contributed by atoms with Crippen molar-refractivity contribution in [1.82, 2.24) is 10.3 Å². The molecule has 0 saturated heterocycles. The fourth-order valence-corrected chi connectivity index (χ4v) is 3.11. The molecule has 0 fully saturated rings. The van der Waals surface area contributed by atoms with Crippen LogP contribution in [0.15, 0.2) is 35.5 Å². The number of hydrogen-bond donors (Lipinski definition) is 1. The predicted molar refractivity (Wildman–Crippen MR) is 86.5 cm³/mol. The van der Waals surface area contributed by atoms with Crippen LogP contribution in [0.5, 0.6) is 5.75 Å². The van der Waals surface area contributed by atoms with Gasteiger partial charge in [0.1, 0.15) is 0 Å². The van der Waals surface area contributed by atoms with Crippen LogP contribution in [0.25, 0.3) is 0 Å². The number of nitrogens with one attached hydrogen (secondary N) is 1. The number of aromatic nitrogens is 1. The number of rotatable bonds is 5. The van der Waals surface area contributed by atoms with E-state index in [0.717, 1.165) is 6.26 Å². The van der Waals surface area contributed by atoms with Gasteiger partial charge in [0.25, 0.3) is 5.91 Å². The molecule has 1 N–H and O–H groups in total. The molecule has 0 aliphatic heterocycles. The molecule has 0 aliphatic carbocycles. The smallest absolute Gasteiger partial charge is 0.256 e. The van der Waals surface area contributed by atoms with Crippen LogP contribution in [0, 0.1) is 5.82 Å². The molecule has 0 unspecified atom stereocenters. The zero-order valence-corrected chi connectivity index (χ0v) is 14.4. The molecule has 0 spiro atoms. The van der Waals surface area contributed by atoms with Crippen LogP contribution in [0.4, 0.5) is 4.39 Å². The van der Waals surface area contributed by atoms with E-state index in [1.54, 1.807) is 6.07 Å². The van der Waals surface area contributed by atoms with Crippen LogP contribution in [-0.4, -0.2) is 32.7 Å². The van der Waals surface area contributed by atoms with Crippen molar-refractivity contribution in [1.29, 1.82) is 0 Å². The maximum Gasteiger partial charge on any atom is 0.256 e. The van der Waals surface area contributed by atoms with Crippen LogP contribution in [0.3, 0.4) is 0 Å². The molecule has 2 rings (SSSR count). The van der Waals surface area contributed by atoms with E-state index < -0.39 is 26.6 Å². The van der Waals surface area contributed by atoms with E-state index in [0.29, 0.717) is 5.56 Å². The minimum atomic E-state index is -3.73. The predicted octanol–water partition coefficient (Wildman–Crippen LogP) is 2.22. The van der Waals surface area contributed by atoms with Gasteiger partial charge in [-0.25, -0.2) is 17.8 Å². The molecular formula is C15H14ClFN2O4S.